The van der Waals surface area contributed by atoms with Crippen molar-refractivity contribution in [2.75, 3.05) is 0 Å². The molecule has 0 fully saturated rings. The Morgan fingerprint density at radius 2 is 1.97 bits per heavy atom. The first-order valence-electron chi connectivity index (χ1n) is 9.70. The van der Waals surface area contributed by atoms with E-state index in [1.807, 2.05) is 19.1 Å². The molecule has 4 aromatic rings. The van der Waals surface area contributed by atoms with Gasteiger partial charge >= 0.3 is 0 Å². The van der Waals surface area contributed by atoms with E-state index in [9.17, 15) is 9.59 Å². The van der Waals surface area contributed by atoms with Crippen LogP contribution in [0.2, 0.25) is 0 Å². The largest absolute Gasteiger partial charge is 0.467 e. The average Bonchev–Trinajstić information content (AvgIpc) is 3.54. The van der Waals surface area contributed by atoms with E-state index < -0.39 is 6.04 Å². The van der Waals surface area contributed by atoms with E-state index in [0.29, 0.717) is 29.3 Å². The molecule has 4 aromatic heterocycles. The molecule has 1 amide bonds. The van der Waals surface area contributed by atoms with Gasteiger partial charge in [0.05, 0.1) is 17.4 Å². The third-order valence-corrected chi connectivity index (χ3v) is 6.01. The molecule has 0 bridgehead atoms. The molecule has 1 atom stereocenters. The van der Waals surface area contributed by atoms with Gasteiger partial charge in [0, 0.05) is 17.4 Å². The number of hydrogen-bond acceptors (Lipinski definition) is 7. The summed E-state index contributed by atoms with van der Waals surface area (Å²) in [4.78, 5) is 27.7. The molecule has 0 N–H and O–H groups in total. The molecule has 5 heterocycles. The fraction of sp³-hybridized carbons (Fsp3) is 0.182. The summed E-state index contributed by atoms with van der Waals surface area (Å²) in [5.41, 5.74) is 0.937. The lowest BCUT2D eigenvalue weighted by atomic mass is 10.1. The van der Waals surface area contributed by atoms with Crippen LogP contribution >= 0.6 is 11.3 Å². The number of rotatable bonds is 5. The highest BCUT2D eigenvalue weighted by Crippen LogP contribution is 2.33. The molecule has 0 spiro atoms. The fourth-order valence-corrected chi connectivity index (χ4v) is 4.33. The maximum atomic E-state index is 13.2. The Kier molecular flexibility index (Phi) is 4.87. The van der Waals surface area contributed by atoms with Gasteiger partial charge in [-0.05, 0) is 49.4 Å². The minimum atomic E-state index is -0.415. The second kappa shape index (κ2) is 7.84. The van der Waals surface area contributed by atoms with Crippen LogP contribution in [0.3, 0.4) is 0 Å². The van der Waals surface area contributed by atoms with E-state index in [1.165, 1.54) is 15.8 Å². The van der Waals surface area contributed by atoms with Crippen LogP contribution < -0.4 is 5.56 Å². The molecule has 0 aliphatic carbocycles. The quantitative estimate of drug-likeness (QED) is 0.476. The molecule has 0 saturated carbocycles. The number of hydrazone groups is 1. The van der Waals surface area contributed by atoms with Crippen molar-refractivity contribution < 1.29 is 13.6 Å². The minimum absolute atomic E-state index is 0.233. The van der Waals surface area contributed by atoms with Crippen molar-refractivity contribution in [1.82, 2.24) is 14.8 Å². The molecule has 31 heavy (non-hydrogen) atoms. The summed E-state index contributed by atoms with van der Waals surface area (Å²) in [6.45, 7) is 1.77. The van der Waals surface area contributed by atoms with Gasteiger partial charge in [-0.3, -0.25) is 9.59 Å². The first kappa shape index (κ1) is 19.3. The Labute approximate surface area is 181 Å². The van der Waals surface area contributed by atoms with Crippen LogP contribution in [-0.4, -0.2) is 26.4 Å². The maximum absolute atomic E-state index is 13.2. The SMILES string of the molecule is Cc1ccc(-c2ccc(=O)n(CC(=O)N3N=C(c4ccco4)CC3c3ccco3)n2)s1. The zero-order chi connectivity index (χ0) is 21.4. The Morgan fingerprint density at radius 3 is 2.68 bits per heavy atom. The van der Waals surface area contributed by atoms with Crippen molar-refractivity contribution in [1.29, 1.82) is 0 Å². The lowest BCUT2D eigenvalue weighted by molar-refractivity contribution is -0.134. The number of aromatic nitrogens is 2. The van der Waals surface area contributed by atoms with Crippen molar-refractivity contribution in [3.05, 3.63) is 87.8 Å². The lowest BCUT2D eigenvalue weighted by Gasteiger charge is -2.20. The minimum Gasteiger partial charge on any atom is -0.467 e. The van der Waals surface area contributed by atoms with E-state index in [4.69, 9.17) is 8.83 Å². The molecule has 156 valence electrons. The van der Waals surface area contributed by atoms with E-state index in [0.717, 1.165) is 9.75 Å². The van der Waals surface area contributed by atoms with Crippen LogP contribution in [0.1, 0.15) is 28.9 Å². The van der Waals surface area contributed by atoms with Gasteiger partial charge in [0.2, 0.25) is 0 Å². The normalized spacial score (nSPS) is 16.0. The zero-order valence-corrected chi connectivity index (χ0v) is 17.4. The smallest absolute Gasteiger partial charge is 0.267 e. The van der Waals surface area contributed by atoms with E-state index >= 15 is 0 Å². The predicted octanol–water partition coefficient (Wildman–Crippen LogP) is 3.84. The Morgan fingerprint density at radius 1 is 1.13 bits per heavy atom. The summed E-state index contributed by atoms with van der Waals surface area (Å²) in [6, 6.07) is 13.8. The van der Waals surface area contributed by atoms with Crippen LogP contribution in [-0.2, 0) is 11.3 Å². The summed E-state index contributed by atoms with van der Waals surface area (Å²) in [5, 5.41) is 10.2. The number of hydrogen-bond donors (Lipinski definition) is 0. The average molecular weight is 434 g/mol. The number of aryl methyl sites for hydroxylation is 1. The first-order chi connectivity index (χ1) is 15.1. The first-order valence-corrected chi connectivity index (χ1v) is 10.5. The van der Waals surface area contributed by atoms with Crippen molar-refractivity contribution in [2.45, 2.75) is 25.9 Å². The standard InChI is InChI=1S/C22H18N4O4S/c1-14-6-8-20(31-14)15-7-9-21(27)25(23-15)13-22(28)26-17(19-5-3-11-30-19)12-16(24-26)18-4-2-10-29-18/h2-11,17H,12-13H2,1H3. The Hall–Kier alpha value is -3.72. The second-order valence-corrected chi connectivity index (χ2v) is 8.41. The predicted molar refractivity (Wildman–Crippen MR) is 115 cm³/mol. The van der Waals surface area contributed by atoms with Gasteiger partial charge in [0.1, 0.15) is 35.5 Å². The number of furan rings is 2. The highest BCUT2D eigenvalue weighted by Gasteiger charge is 2.36. The second-order valence-electron chi connectivity index (χ2n) is 7.12. The zero-order valence-electron chi connectivity index (χ0n) is 16.6. The summed E-state index contributed by atoms with van der Waals surface area (Å²) in [5.74, 6) is 0.844. The maximum Gasteiger partial charge on any atom is 0.267 e. The highest BCUT2D eigenvalue weighted by molar-refractivity contribution is 7.15. The van der Waals surface area contributed by atoms with E-state index in [1.54, 1.807) is 54.2 Å². The number of thiophene rings is 1. The number of nitrogens with zero attached hydrogens (tertiary/aromatic N) is 4. The van der Waals surface area contributed by atoms with Crippen LogP contribution in [0.15, 0.2) is 79.8 Å². The molecule has 0 saturated heterocycles. The molecule has 9 heteroatoms. The van der Waals surface area contributed by atoms with E-state index in [-0.39, 0.29) is 18.0 Å². The molecule has 0 radical (unpaired) electrons. The van der Waals surface area contributed by atoms with Crippen molar-refractivity contribution >= 4 is 23.0 Å². The van der Waals surface area contributed by atoms with Gasteiger partial charge in [-0.15, -0.1) is 11.3 Å². The summed E-state index contributed by atoms with van der Waals surface area (Å²) < 4.78 is 12.2. The van der Waals surface area contributed by atoms with Gasteiger partial charge < -0.3 is 8.83 Å². The van der Waals surface area contributed by atoms with Gasteiger partial charge in [0.25, 0.3) is 11.5 Å². The molecule has 1 aliphatic rings. The summed E-state index contributed by atoms with van der Waals surface area (Å²) >= 11 is 1.58. The van der Waals surface area contributed by atoms with Crippen molar-refractivity contribution in [3.63, 3.8) is 0 Å². The van der Waals surface area contributed by atoms with Crippen molar-refractivity contribution in [3.8, 4) is 10.6 Å². The lowest BCUT2D eigenvalue weighted by Crippen LogP contribution is -2.34. The number of carbonyl (C=O) groups is 1. The van der Waals surface area contributed by atoms with Crippen LogP contribution in [0.5, 0.6) is 0 Å². The molecular formula is C22H18N4O4S. The van der Waals surface area contributed by atoms with Gasteiger partial charge in [-0.25, -0.2) is 9.69 Å². The van der Waals surface area contributed by atoms with Crippen LogP contribution in [0, 0.1) is 6.92 Å². The topological polar surface area (TPSA) is 93.8 Å². The van der Waals surface area contributed by atoms with Gasteiger partial charge in [-0.1, -0.05) is 0 Å². The molecule has 1 aliphatic heterocycles. The molecule has 0 aromatic carbocycles. The molecule has 8 nitrogen and oxygen atoms in total. The van der Waals surface area contributed by atoms with Gasteiger partial charge in [-0.2, -0.15) is 10.2 Å². The third kappa shape index (κ3) is 3.75. The number of amides is 1. The Bertz CT molecular complexity index is 1300. The summed E-state index contributed by atoms with van der Waals surface area (Å²) in [6.07, 6.45) is 3.57. The number of carbonyl (C=O) groups excluding carboxylic acids is 1. The molecule has 1 unspecified atom stereocenters. The van der Waals surface area contributed by atoms with Crippen LogP contribution in [0.25, 0.3) is 10.6 Å². The fourth-order valence-electron chi connectivity index (χ4n) is 3.50. The van der Waals surface area contributed by atoms with Crippen molar-refractivity contribution in [2.24, 2.45) is 5.10 Å². The van der Waals surface area contributed by atoms with Crippen LogP contribution in [0.4, 0.5) is 0 Å². The Balaban J connectivity index is 1.45. The molecular weight excluding hydrogens is 416 g/mol. The highest BCUT2D eigenvalue weighted by atomic mass is 32.1. The van der Waals surface area contributed by atoms with Gasteiger partial charge in [0.15, 0.2) is 0 Å². The monoisotopic (exact) mass is 434 g/mol. The third-order valence-electron chi connectivity index (χ3n) is 4.99. The molecule has 5 rings (SSSR count). The van der Waals surface area contributed by atoms with E-state index in [2.05, 4.69) is 10.2 Å². The summed E-state index contributed by atoms with van der Waals surface area (Å²) in [7, 11) is 0.